The van der Waals surface area contributed by atoms with Crippen molar-refractivity contribution in [3.05, 3.63) is 36.0 Å². The molecule has 0 fully saturated rings. The number of allylic oxidation sites excluding steroid dienone is 5. The van der Waals surface area contributed by atoms with Crippen molar-refractivity contribution in [3.63, 3.8) is 0 Å². The Morgan fingerprint density at radius 1 is 0.952 bits per heavy atom. The molecule has 0 radical (unpaired) electrons. The van der Waals surface area contributed by atoms with Crippen LogP contribution in [0.25, 0.3) is 0 Å². The molecule has 0 aliphatic carbocycles. The van der Waals surface area contributed by atoms with E-state index in [0.29, 0.717) is 5.41 Å². The maximum Gasteiger partial charge on any atom is -0.0357 e. The van der Waals surface area contributed by atoms with Crippen molar-refractivity contribution in [1.82, 2.24) is 0 Å². The van der Waals surface area contributed by atoms with E-state index in [1.54, 1.807) is 0 Å². The molecule has 0 bridgehead atoms. The molecule has 21 heavy (non-hydrogen) atoms. The molecular weight excluding hydrogens is 252 g/mol. The minimum atomic E-state index is 0.592. The molecule has 0 heterocycles. The highest BCUT2D eigenvalue weighted by atomic mass is 14.2. The standard InChI is InChI=1S/C9H14.C8H18.2C2H6/c1-5-9(4)7-6-8(2)3;1-5-7-8(3,4)6-2;2*1-2/h5-7H,2H2,1,3-4H3;5-7H2,1-4H3;2*1-2H3/b7-6+,9-5-;;;. The van der Waals surface area contributed by atoms with Gasteiger partial charge in [0.2, 0.25) is 0 Å². The molecule has 0 aromatic rings. The molecule has 128 valence electrons. The molecule has 0 heteroatoms. The van der Waals surface area contributed by atoms with Crippen LogP contribution >= 0.6 is 0 Å². The minimum absolute atomic E-state index is 0.592. The summed E-state index contributed by atoms with van der Waals surface area (Å²) in [4.78, 5) is 0. The molecule has 0 unspecified atom stereocenters. The Morgan fingerprint density at radius 3 is 1.57 bits per heavy atom. The van der Waals surface area contributed by atoms with Crippen molar-refractivity contribution in [2.24, 2.45) is 5.41 Å². The van der Waals surface area contributed by atoms with Crippen LogP contribution in [0.5, 0.6) is 0 Å². The molecule has 0 aliphatic heterocycles. The van der Waals surface area contributed by atoms with Crippen LogP contribution in [0, 0.1) is 5.41 Å². The van der Waals surface area contributed by atoms with Gasteiger partial charge in [0.25, 0.3) is 0 Å². The molecule has 0 nitrogen and oxygen atoms in total. The summed E-state index contributed by atoms with van der Waals surface area (Å²) in [6.45, 7) is 27.0. The summed E-state index contributed by atoms with van der Waals surface area (Å²) >= 11 is 0. The van der Waals surface area contributed by atoms with E-state index in [-0.39, 0.29) is 0 Å². The first-order valence-corrected chi connectivity index (χ1v) is 8.75. The van der Waals surface area contributed by atoms with E-state index in [4.69, 9.17) is 0 Å². The van der Waals surface area contributed by atoms with Gasteiger partial charge in [-0.25, -0.2) is 0 Å². The van der Waals surface area contributed by atoms with E-state index in [1.807, 2.05) is 47.6 Å². The van der Waals surface area contributed by atoms with E-state index >= 15 is 0 Å². The fourth-order valence-corrected chi connectivity index (χ4v) is 1.22. The normalized spacial score (nSPS) is 10.5. The summed E-state index contributed by atoms with van der Waals surface area (Å²) in [5, 5.41) is 0. The van der Waals surface area contributed by atoms with Crippen LogP contribution in [0.2, 0.25) is 0 Å². The van der Waals surface area contributed by atoms with Gasteiger partial charge in [-0.15, -0.1) is 0 Å². The van der Waals surface area contributed by atoms with Gasteiger partial charge < -0.3 is 0 Å². The predicted octanol–water partition coefficient (Wildman–Crippen LogP) is 8.36. The molecule has 0 amide bonds. The second kappa shape index (κ2) is 21.5. The highest BCUT2D eigenvalue weighted by molar-refractivity contribution is 5.22. The van der Waals surface area contributed by atoms with Gasteiger partial charge in [-0.3, -0.25) is 0 Å². The summed E-state index contributed by atoms with van der Waals surface area (Å²) < 4.78 is 0. The van der Waals surface area contributed by atoms with E-state index in [0.717, 1.165) is 5.57 Å². The Morgan fingerprint density at radius 2 is 1.38 bits per heavy atom. The lowest BCUT2D eigenvalue weighted by molar-refractivity contribution is 0.319. The predicted molar refractivity (Wildman–Crippen MR) is 105 cm³/mol. The molecule has 0 atom stereocenters. The molecule has 0 aromatic heterocycles. The molecule has 0 saturated carbocycles. The largest absolute Gasteiger partial charge is 0.0961 e. The summed E-state index contributed by atoms with van der Waals surface area (Å²) in [6, 6.07) is 0. The van der Waals surface area contributed by atoms with Crippen LogP contribution in [0.1, 0.15) is 95.4 Å². The van der Waals surface area contributed by atoms with Gasteiger partial charge in [0.05, 0.1) is 0 Å². The van der Waals surface area contributed by atoms with E-state index in [9.17, 15) is 0 Å². The summed E-state index contributed by atoms with van der Waals surface area (Å²) in [7, 11) is 0. The van der Waals surface area contributed by atoms with Crippen molar-refractivity contribution >= 4 is 0 Å². The second-order valence-electron chi connectivity index (χ2n) is 5.48. The Hall–Kier alpha value is -0.780. The maximum atomic E-state index is 3.75. The lowest BCUT2D eigenvalue weighted by Crippen LogP contribution is -2.07. The van der Waals surface area contributed by atoms with Crippen LogP contribution in [-0.2, 0) is 0 Å². The van der Waals surface area contributed by atoms with Gasteiger partial charge in [-0.1, -0.05) is 104 Å². The van der Waals surface area contributed by atoms with Crippen LogP contribution in [-0.4, -0.2) is 0 Å². The third-order valence-electron chi connectivity index (χ3n) is 2.97. The Kier molecular flexibility index (Phi) is 29.1. The average molecular weight is 297 g/mol. The summed E-state index contributed by atoms with van der Waals surface area (Å²) in [6.07, 6.45) is 10.1. The Balaban J connectivity index is -0.000000111. The second-order valence-corrected chi connectivity index (χ2v) is 5.48. The van der Waals surface area contributed by atoms with Crippen LogP contribution in [0.3, 0.4) is 0 Å². The Bertz CT molecular complexity index is 251. The zero-order valence-corrected chi connectivity index (χ0v) is 17.1. The van der Waals surface area contributed by atoms with Crippen molar-refractivity contribution in [3.8, 4) is 0 Å². The van der Waals surface area contributed by atoms with Gasteiger partial charge in [-0.2, -0.15) is 0 Å². The van der Waals surface area contributed by atoms with Crippen molar-refractivity contribution in [2.75, 3.05) is 0 Å². The SMILES string of the molecule is C=C(C)/C=C/C(C)=C\C.CC.CC.CCCC(C)(C)CC. The summed E-state index contributed by atoms with van der Waals surface area (Å²) in [5.74, 6) is 0. The zero-order chi connectivity index (χ0) is 17.9. The lowest BCUT2D eigenvalue weighted by atomic mass is 9.86. The van der Waals surface area contributed by atoms with Crippen molar-refractivity contribution < 1.29 is 0 Å². The molecule has 0 N–H and O–H groups in total. The third-order valence-corrected chi connectivity index (χ3v) is 2.97. The topological polar surface area (TPSA) is 0 Å². The van der Waals surface area contributed by atoms with E-state index in [2.05, 4.69) is 53.3 Å². The molecule has 0 aromatic carbocycles. The van der Waals surface area contributed by atoms with E-state index < -0.39 is 0 Å². The molecule has 0 rings (SSSR count). The summed E-state index contributed by atoms with van der Waals surface area (Å²) in [5.41, 5.74) is 2.96. The fraction of sp³-hybridized carbons (Fsp3) is 0.714. The average Bonchev–Trinajstić information content (AvgIpc) is 2.49. The number of hydrogen-bond acceptors (Lipinski definition) is 0. The highest BCUT2D eigenvalue weighted by Crippen LogP contribution is 2.25. The lowest BCUT2D eigenvalue weighted by Gasteiger charge is -2.20. The van der Waals surface area contributed by atoms with Crippen LogP contribution in [0.15, 0.2) is 36.0 Å². The third kappa shape index (κ3) is 32.6. The van der Waals surface area contributed by atoms with Crippen LogP contribution in [0.4, 0.5) is 0 Å². The smallest absolute Gasteiger partial charge is 0.0357 e. The molecule has 0 spiro atoms. The fourth-order valence-electron chi connectivity index (χ4n) is 1.22. The molecular formula is C21H44. The number of rotatable bonds is 5. The van der Waals surface area contributed by atoms with E-state index in [1.165, 1.54) is 24.8 Å². The van der Waals surface area contributed by atoms with Crippen molar-refractivity contribution in [1.29, 1.82) is 0 Å². The quantitative estimate of drug-likeness (QED) is 0.447. The van der Waals surface area contributed by atoms with Crippen molar-refractivity contribution in [2.45, 2.75) is 95.4 Å². The minimum Gasteiger partial charge on any atom is -0.0961 e. The maximum absolute atomic E-state index is 3.75. The first kappa shape index (κ1) is 28.4. The first-order chi connectivity index (χ1) is 9.79. The first-order valence-electron chi connectivity index (χ1n) is 8.75. The number of hydrogen-bond donors (Lipinski definition) is 0. The van der Waals surface area contributed by atoms with Gasteiger partial charge in [0.15, 0.2) is 0 Å². The Labute approximate surface area is 137 Å². The molecule has 0 saturated heterocycles. The highest BCUT2D eigenvalue weighted by Gasteiger charge is 2.11. The van der Waals surface area contributed by atoms with Gasteiger partial charge in [-0.05, 0) is 32.6 Å². The van der Waals surface area contributed by atoms with Crippen LogP contribution < -0.4 is 0 Å². The zero-order valence-electron chi connectivity index (χ0n) is 17.1. The monoisotopic (exact) mass is 296 g/mol. The molecule has 0 aliphatic rings. The van der Waals surface area contributed by atoms with Gasteiger partial charge in [0, 0.05) is 0 Å². The van der Waals surface area contributed by atoms with Gasteiger partial charge >= 0.3 is 0 Å². The van der Waals surface area contributed by atoms with Gasteiger partial charge in [0.1, 0.15) is 0 Å².